The SMILES string of the molecule is Cc1cc(-n2c3ccc(N(c4ccccc4)c4ccccc4)cc3c3cc(N(c4ccccc4)c4ccccc4)ccc32)cc(C)c1-c1ccc(-c2cc(-c3ccccc3)nc(-c3ccccc3)n2)cc1. The molecule has 0 saturated heterocycles. The van der Waals surface area contributed by atoms with E-state index in [4.69, 9.17) is 9.97 Å². The smallest absolute Gasteiger partial charge is 0.160 e. The summed E-state index contributed by atoms with van der Waals surface area (Å²) in [6.07, 6.45) is 0. The largest absolute Gasteiger partial charge is 0.310 e. The molecule has 12 aromatic rings. The number of aryl methyl sites for hydroxylation is 2. The van der Waals surface area contributed by atoms with Gasteiger partial charge < -0.3 is 14.4 Å². The maximum absolute atomic E-state index is 5.10. The molecule has 0 unspecified atom stereocenters. The van der Waals surface area contributed by atoms with E-state index >= 15 is 0 Å². The van der Waals surface area contributed by atoms with E-state index in [1.54, 1.807) is 0 Å². The van der Waals surface area contributed by atoms with Gasteiger partial charge in [-0.3, -0.25) is 0 Å². The van der Waals surface area contributed by atoms with Gasteiger partial charge in [-0.15, -0.1) is 0 Å². The molecule has 2 heterocycles. The molecule has 0 radical (unpaired) electrons. The second-order valence-electron chi connectivity index (χ2n) is 18.0. The zero-order valence-corrected chi connectivity index (χ0v) is 39.6. The summed E-state index contributed by atoms with van der Waals surface area (Å²) in [5, 5.41) is 2.34. The maximum Gasteiger partial charge on any atom is 0.160 e. The quantitative estimate of drug-likeness (QED) is 0.130. The molecule has 5 nitrogen and oxygen atoms in total. The number of hydrogen-bond acceptors (Lipinski definition) is 4. The predicted molar refractivity (Wildman–Crippen MR) is 297 cm³/mol. The number of hydrogen-bond donors (Lipinski definition) is 0. The van der Waals surface area contributed by atoms with Crippen molar-refractivity contribution < 1.29 is 0 Å². The molecule has 0 saturated carbocycles. The molecule has 0 bridgehead atoms. The minimum Gasteiger partial charge on any atom is -0.310 e. The number of fused-ring (bicyclic) bond motifs is 3. The van der Waals surface area contributed by atoms with Crippen LogP contribution in [-0.2, 0) is 0 Å². The van der Waals surface area contributed by atoms with Crippen LogP contribution in [0.2, 0.25) is 0 Å². The van der Waals surface area contributed by atoms with Gasteiger partial charge in [0.05, 0.1) is 22.4 Å². The molecule has 2 aromatic heterocycles. The van der Waals surface area contributed by atoms with Crippen LogP contribution < -0.4 is 9.80 Å². The Morgan fingerprint density at radius 2 is 0.662 bits per heavy atom. The van der Waals surface area contributed by atoms with Gasteiger partial charge in [-0.25, -0.2) is 9.97 Å². The van der Waals surface area contributed by atoms with Gasteiger partial charge in [0.2, 0.25) is 0 Å². The number of benzene rings is 10. The molecule has 0 atom stereocenters. The van der Waals surface area contributed by atoms with E-state index in [9.17, 15) is 0 Å². The van der Waals surface area contributed by atoms with Crippen molar-refractivity contribution in [3.8, 4) is 50.7 Å². The van der Waals surface area contributed by atoms with Crippen LogP contribution in [0, 0.1) is 13.8 Å². The summed E-state index contributed by atoms with van der Waals surface area (Å²) in [6.45, 7) is 4.48. The van der Waals surface area contributed by atoms with Crippen LogP contribution in [0.25, 0.3) is 72.5 Å². The lowest BCUT2D eigenvalue weighted by molar-refractivity contribution is 1.16. The van der Waals surface area contributed by atoms with Gasteiger partial charge in [-0.1, -0.05) is 158 Å². The number of nitrogens with zero attached hydrogens (tertiary/aromatic N) is 5. The van der Waals surface area contributed by atoms with Crippen LogP contribution >= 0.6 is 0 Å². The highest BCUT2D eigenvalue weighted by Gasteiger charge is 2.21. The molecule has 0 aliphatic rings. The molecule has 338 valence electrons. The lowest BCUT2D eigenvalue weighted by Gasteiger charge is -2.26. The van der Waals surface area contributed by atoms with Crippen LogP contribution in [0.3, 0.4) is 0 Å². The summed E-state index contributed by atoms with van der Waals surface area (Å²) in [6, 6.07) is 92.6. The normalized spacial score (nSPS) is 11.2. The van der Waals surface area contributed by atoms with Crippen LogP contribution in [0.5, 0.6) is 0 Å². The van der Waals surface area contributed by atoms with E-state index < -0.39 is 0 Å². The predicted octanol–water partition coefficient (Wildman–Crippen LogP) is 17.8. The van der Waals surface area contributed by atoms with Gasteiger partial charge >= 0.3 is 0 Å². The van der Waals surface area contributed by atoms with E-state index in [-0.39, 0.29) is 0 Å². The third-order valence-electron chi connectivity index (χ3n) is 13.4. The van der Waals surface area contributed by atoms with Crippen LogP contribution in [0.4, 0.5) is 34.1 Å². The fourth-order valence-corrected chi connectivity index (χ4v) is 10.2. The lowest BCUT2D eigenvalue weighted by Crippen LogP contribution is -2.09. The zero-order valence-electron chi connectivity index (χ0n) is 39.6. The lowest BCUT2D eigenvalue weighted by atomic mass is 9.94. The van der Waals surface area contributed by atoms with Crippen molar-refractivity contribution in [3.05, 3.63) is 272 Å². The minimum absolute atomic E-state index is 0.709. The first-order valence-electron chi connectivity index (χ1n) is 24.2. The van der Waals surface area contributed by atoms with Gasteiger partial charge in [0.15, 0.2) is 5.82 Å². The summed E-state index contributed by atoms with van der Waals surface area (Å²) in [5.74, 6) is 0.709. The van der Waals surface area contributed by atoms with E-state index in [0.717, 1.165) is 84.5 Å². The highest BCUT2D eigenvalue weighted by atomic mass is 15.1. The molecular weight excluding hydrogens is 863 g/mol. The third-order valence-corrected chi connectivity index (χ3v) is 13.4. The van der Waals surface area contributed by atoms with Crippen LogP contribution in [0.1, 0.15) is 11.1 Å². The van der Waals surface area contributed by atoms with E-state index in [1.807, 2.05) is 24.3 Å². The van der Waals surface area contributed by atoms with Gasteiger partial charge in [0.25, 0.3) is 0 Å². The highest BCUT2D eigenvalue weighted by Crippen LogP contribution is 2.44. The molecule has 0 N–H and O–H groups in total. The fraction of sp³-hybridized carbons (Fsp3) is 0.0303. The Kier molecular flexibility index (Phi) is 11.3. The second-order valence-corrected chi connectivity index (χ2v) is 18.0. The molecule has 0 fully saturated rings. The van der Waals surface area contributed by atoms with Crippen molar-refractivity contribution in [2.45, 2.75) is 13.8 Å². The molecule has 71 heavy (non-hydrogen) atoms. The molecule has 12 rings (SSSR count). The summed E-state index contributed by atoms with van der Waals surface area (Å²) in [7, 11) is 0. The van der Waals surface area contributed by atoms with Gasteiger partial charge in [-0.05, 0) is 139 Å². The highest BCUT2D eigenvalue weighted by molar-refractivity contribution is 6.12. The Bertz CT molecular complexity index is 3500. The summed E-state index contributed by atoms with van der Waals surface area (Å²) >= 11 is 0. The Balaban J connectivity index is 0.984. The van der Waals surface area contributed by atoms with Crippen molar-refractivity contribution in [3.63, 3.8) is 0 Å². The average Bonchev–Trinajstić information content (AvgIpc) is 3.76. The van der Waals surface area contributed by atoms with Crippen LogP contribution in [0.15, 0.2) is 261 Å². The van der Waals surface area contributed by atoms with E-state index in [0.29, 0.717) is 5.82 Å². The molecule has 0 aliphatic heterocycles. The van der Waals surface area contributed by atoms with Crippen molar-refractivity contribution >= 4 is 55.9 Å². The van der Waals surface area contributed by atoms with Gasteiger partial charge in [0.1, 0.15) is 0 Å². The molecule has 0 aliphatic carbocycles. The number of para-hydroxylation sites is 4. The summed E-state index contributed by atoms with van der Waals surface area (Å²) in [4.78, 5) is 14.8. The first-order chi connectivity index (χ1) is 35.0. The molecule has 5 heteroatoms. The maximum atomic E-state index is 5.10. The Hall–Kier alpha value is -9.32. The number of anilines is 6. The monoisotopic (exact) mass is 911 g/mol. The van der Waals surface area contributed by atoms with Crippen molar-refractivity contribution in [2.75, 3.05) is 9.80 Å². The third kappa shape index (κ3) is 8.30. The average molecular weight is 912 g/mol. The first-order valence-corrected chi connectivity index (χ1v) is 24.2. The molecule has 10 aromatic carbocycles. The standard InChI is InChI=1S/C66H49N5/c1-46-41-58(42-47(2)65(46)50-35-33-49(34-36-50)62-45-61(48-21-9-3-10-22-48)67-66(68-62)51-23-11-4-12-24-51)71-63-39-37-56(69(52-25-13-5-14-26-52)53-27-15-6-16-28-53)43-59(63)60-44-57(38-40-64(60)71)70(54-29-17-7-18-30-54)55-31-19-8-20-32-55/h3-45H,1-2H3. The Morgan fingerprint density at radius 3 is 1.07 bits per heavy atom. The summed E-state index contributed by atoms with van der Waals surface area (Å²) in [5.41, 5.74) is 19.6. The second kappa shape index (κ2) is 18.6. The zero-order chi connectivity index (χ0) is 47.7. The van der Waals surface area contributed by atoms with Crippen LogP contribution in [-0.4, -0.2) is 14.5 Å². The Labute approximate surface area is 414 Å². The fourth-order valence-electron chi connectivity index (χ4n) is 10.2. The van der Waals surface area contributed by atoms with Gasteiger partial charge in [-0.2, -0.15) is 0 Å². The van der Waals surface area contributed by atoms with Crippen molar-refractivity contribution in [2.24, 2.45) is 0 Å². The first kappa shape index (κ1) is 43.0. The van der Waals surface area contributed by atoms with Crippen molar-refractivity contribution in [1.82, 2.24) is 14.5 Å². The topological polar surface area (TPSA) is 37.2 Å². The van der Waals surface area contributed by atoms with E-state index in [1.165, 1.54) is 27.5 Å². The van der Waals surface area contributed by atoms with Crippen molar-refractivity contribution in [1.29, 1.82) is 0 Å². The minimum atomic E-state index is 0.709. The number of rotatable bonds is 11. The Morgan fingerprint density at radius 1 is 0.310 bits per heavy atom. The molecule has 0 amide bonds. The van der Waals surface area contributed by atoms with Gasteiger partial charge in [0, 0.05) is 67.3 Å². The molecule has 0 spiro atoms. The number of aromatic nitrogens is 3. The summed E-state index contributed by atoms with van der Waals surface area (Å²) < 4.78 is 2.44. The molecular formula is C66H49N5. The van der Waals surface area contributed by atoms with E-state index in [2.05, 4.69) is 265 Å².